The van der Waals surface area contributed by atoms with Crippen LogP contribution in [0.4, 0.5) is 5.69 Å². The minimum Gasteiger partial charge on any atom is -0.497 e. The van der Waals surface area contributed by atoms with Crippen LogP contribution in [-0.4, -0.2) is 64.3 Å². The first-order chi connectivity index (χ1) is 15.3. The highest BCUT2D eigenvalue weighted by Crippen LogP contribution is 2.33. The van der Waals surface area contributed by atoms with Crippen molar-refractivity contribution in [2.45, 2.75) is 18.9 Å². The van der Waals surface area contributed by atoms with E-state index in [9.17, 15) is 0 Å². The first-order valence-corrected chi connectivity index (χ1v) is 11.3. The lowest BCUT2D eigenvalue weighted by molar-refractivity contribution is -0.0266. The SMILES string of the molecule is CN=C(NCC1CCCOC1c1ccccc1)N1CCN(c2cccc(OC)c2)CC1. The molecule has 166 valence electrons. The number of guanidine groups is 1. The zero-order valence-corrected chi connectivity index (χ0v) is 18.7. The number of rotatable bonds is 5. The normalized spacial score (nSPS) is 22.3. The second-order valence-electron chi connectivity index (χ2n) is 8.21. The van der Waals surface area contributed by atoms with E-state index < -0.39 is 0 Å². The molecular weight excluding hydrogens is 388 g/mol. The van der Waals surface area contributed by atoms with Gasteiger partial charge >= 0.3 is 0 Å². The van der Waals surface area contributed by atoms with Crippen LogP contribution in [0.2, 0.25) is 0 Å². The predicted molar refractivity (Wildman–Crippen MR) is 126 cm³/mol. The average Bonchev–Trinajstić information content (AvgIpc) is 2.85. The Bertz CT molecular complexity index is 850. The Kier molecular flexibility index (Phi) is 7.30. The van der Waals surface area contributed by atoms with Gasteiger partial charge < -0.3 is 24.6 Å². The number of nitrogens with zero attached hydrogens (tertiary/aromatic N) is 3. The molecule has 2 saturated heterocycles. The van der Waals surface area contributed by atoms with Crippen molar-refractivity contribution in [1.29, 1.82) is 0 Å². The molecule has 2 unspecified atom stereocenters. The molecule has 2 aromatic rings. The second-order valence-corrected chi connectivity index (χ2v) is 8.21. The van der Waals surface area contributed by atoms with Crippen LogP contribution in [0.3, 0.4) is 0 Å². The zero-order valence-electron chi connectivity index (χ0n) is 18.7. The molecule has 0 radical (unpaired) electrons. The Balaban J connectivity index is 1.32. The van der Waals surface area contributed by atoms with E-state index in [1.54, 1.807) is 7.11 Å². The largest absolute Gasteiger partial charge is 0.497 e. The minimum absolute atomic E-state index is 0.158. The lowest BCUT2D eigenvalue weighted by atomic mass is 9.89. The summed E-state index contributed by atoms with van der Waals surface area (Å²) in [5, 5.41) is 3.64. The Morgan fingerprint density at radius 2 is 1.90 bits per heavy atom. The van der Waals surface area contributed by atoms with E-state index in [4.69, 9.17) is 9.47 Å². The number of ether oxygens (including phenoxy) is 2. The Hall–Kier alpha value is -2.73. The fourth-order valence-corrected chi connectivity index (χ4v) is 4.60. The van der Waals surface area contributed by atoms with Crippen molar-refractivity contribution in [2.24, 2.45) is 10.9 Å². The van der Waals surface area contributed by atoms with Gasteiger partial charge in [-0.15, -0.1) is 0 Å². The number of piperazine rings is 1. The van der Waals surface area contributed by atoms with Gasteiger partial charge in [0.1, 0.15) is 5.75 Å². The summed E-state index contributed by atoms with van der Waals surface area (Å²) in [6.07, 6.45) is 2.45. The van der Waals surface area contributed by atoms with Gasteiger partial charge in [-0.25, -0.2) is 0 Å². The number of anilines is 1. The maximum atomic E-state index is 6.16. The van der Waals surface area contributed by atoms with E-state index >= 15 is 0 Å². The van der Waals surface area contributed by atoms with Crippen molar-refractivity contribution in [3.05, 3.63) is 60.2 Å². The van der Waals surface area contributed by atoms with Gasteiger partial charge in [0.05, 0.1) is 13.2 Å². The topological polar surface area (TPSA) is 49.3 Å². The maximum absolute atomic E-state index is 6.16. The van der Waals surface area contributed by atoms with E-state index in [2.05, 4.69) is 68.6 Å². The molecule has 2 aliphatic rings. The highest BCUT2D eigenvalue weighted by Gasteiger charge is 2.28. The van der Waals surface area contributed by atoms with Crippen molar-refractivity contribution in [1.82, 2.24) is 10.2 Å². The summed E-state index contributed by atoms with van der Waals surface area (Å²) in [6, 6.07) is 18.9. The molecule has 6 heteroatoms. The van der Waals surface area contributed by atoms with Crippen LogP contribution in [-0.2, 0) is 4.74 Å². The molecule has 0 aliphatic carbocycles. The number of aliphatic imine (C=N–C) groups is 1. The summed E-state index contributed by atoms with van der Waals surface area (Å²) < 4.78 is 11.5. The standard InChI is InChI=1S/C25H34N4O2/c1-26-25(27-19-21-10-7-17-31-24(21)20-8-4-3-5-9-20)29-15-13-28(14-16-29)22-11-6-12-23(18-22)30-2/h3-6,8-9,11-12,18,21,24H,7,10,13-17,19H2,1-2H3,(H,26,27). The molecule has 31 heavy (non-hydrogen) atoms. The molecule has 0 bridgehead atoms. The fraction of sp³-hybridized carbons (Fsp3) is 0.480. The quantitative estimate of drug-likeness (QED) is 0.590. The van der Waals surface area contributed by atoms with E-state index in [1.807, 2.05) is 13.1 Å². The molecule has 0 aromatic heterocycles. The third-order valence-corrected chi connectivity index (χ3v) is 6.30. The Morgan fingerprint density at radius 3 is 2.65 bits per heavy atom. The number of nitrogens with one attached hydrogen (secondary N) is 1. The van der Waals surface area contributed by atoms with Crippen LogP contribution in [0, 0.1) is 5.92 Å². The van der Waals surface area contributed by atoms with Gasteiger partial charge in [-0.3, -0.25) is 4.99 Å². The average molecular weight is 423 g/mol. The maximum Gasteiger partial charge on any atom is 0.193 e. The molecule has 1 N–H and O–H groups in total. The van der Waals surface area contributed by atoms with Gasteiger partial charge in [0.25, 0.3) is 0 Å². The van der Waals surface area contributed by atoms with Gasteiger partial charge in [-0.05, 0) is 30.5 Å². The molecule has 2 atom stereocenters. The van der Waals surface area contributed by atoms with E-state index in [-0.39, 0.29) is 6.10 Å². The lowest BCUT2D eigenvalue weighted by Crippen LogP contribution is -2.53. The first kappa shape index (κ1) is 21.5. The molecule has 0 spiro atoms. The fourth-order valence-electron chi connectivity index (χ4n) is 4.60. The summed E-state index contributed by atoms with van der Waals surface area (Å²) in [4.78, 5) is 9.34. The smallest absolute Gasteiger partial charge is 0.193 e. The molecule has 2 aliphatic heterocycles. The molecule has 4 rings (SSSR count). The monoisotopic (exact) mass is 422 g/mol. The molecule has 2 fully saturated rings. The van der Waals surface area contributed by atoms with Gasteiger partial charge in [0, 0.05) is 64.0 Å². The van der Waals surface area contributed by atoms with Crippen LogP contribution in [0.25, 0.3) is 0 Å². The van der Waals surface area contributed by atoms with Crippen LogP contribution >= 0.6 is 0 Å². The van der Waals surface area contributed by atoms with E-state index in [1.165, 1.54) is 17.7 Å². The van der Waals surface area contributed by atoms with Crippen molar-refractivity contribution < 1.29 is 9.47 Å². The van der Waals surface area contributed by atoms with Gasteiger partial charge in [-0.1, -0.05) is 36.4 Å². The van der Waals surface area contributed by atoms with Crippen molar-refractivity contribution >= 4 is 11.6 Å². The van der Waals surface area contributed by atoms with Gasteiger partial charge in [0.15, 0.2) is 5.96 Å². The summed E-state index contributed by atoms with van der Waals surface area (Å²) >= 11 is 0. The van der Waals surface area contributed by atoms with Crippen LogP contribution in [0.1, 0.15) is 24.5 Å². The summed E-state index contributed by atoms with van der Waals surface area (Å²) in [5.74, 6) is 2.34. The van der Waals surface area contributed by atoms with Crippen LogP contribution in [0.15, 0.2) is 59.6 Å². The third kappa shape index (κ3) is 5.31. The molecule has 6 nitrogen and oxygen atoms in total. The van der Waals surface area contributed by atoms with Crippen molar-refractivity contribution in [3.63, 3.8) is 0 Å². The van der Waals surface area contributed by atoms with Crippen molar-refractivity contribution in [3.8, 4) is 5.75 Å². The van der Waals surface area contributed by atoms with Crippen LogP contribution < -0.4 is 15.0 Å². The Morgan fingerprint density at radius 1 is 1.10 bits per heavy atom. The highest BCUT2D eigenvalue weighted by molar-refractivity contribution is 5.80. The lowest BCUT2D eigenvalue weighted by Gasteiger charge is -2.38. The molecular formula is C25H34N4O2. The molecule has 0 saturated carbocycles. The summed E-state index contributed by atoms with van der Waals surface area (Å²) in [5.41, 5.74) is 2.49. The van der Waals surface area contributed by atoms with Crippen LogP contribution in [0.5, 0.6) is 5.75 Å². The zero-order chi connectivity index (χ0) is 21.5. The summed E-state index contributed by atoms with van der Waals surface area (Å²) in [6.45, 7) is 5.54. The van der Waals surface area contributed by atoms with Gasteiger partial charge in [0.2, 0.25) is 0 Å². The van der Waals surface area contributed by atoms with E-state index in [0.717, 1.165) is 57.5 Å². The Labute approximate surface area is 185 Å². The number of methoxy groups -OCH3 is 1. The minimum atomic E-state index is 0.158. The second kappa shape index (κ2) is 10.5. The van der Waals surface area contributed by atoms with Gasteiger partial charge in [-0.2, -0.15) is 0 Å². The number of hydrogen-bond donors (Lipinski definition) is 1. The molecule has 2 heterocycles. The first-order valence-electron chi connectivity index (χ1n) is 11.3. The van der Waals surface area contributed by atoms with Crippen molar-refractivity contribution in [2.75, 3.05) is 58.4 Å². The molecule has 0 amide bonds. The van der Waals surface area contributed by atoms with E-state index in [0.29, 0.717) is 5.92 Å². The number of hydrogen-bond acceptors (Lipinski definition) is 4. The third-order valence-electron chi connectivity index (χ3n) is 6.30. The number of benzene rings is 2. The predicted octanol–water partition coefficient (Wildman–Crippen LogP) is 3.56. The molecule has 2 aromatic carbocycles. The summed E-state index contributed by atoms with van der Waals surface area (Å²) in [7, 11) is 3.59. The highest BCUT2D eigenvalue weighted by atomic mass is 16.5.